The number of hydrogen-bond acceptors (Lipinski definition) is 6. The molecule has 0 spiro atoms. The standard InChI is InChI=1S/C18H19N3O4S/c1-11-10-26-16(20-11)8-19-18(23)12-6-17(22)21(9-12)13-2-3-14-15(7-13)25-5-4-24-14/h2-3,7,10,12H,4-6,8-9H2,1H3,(H,19,23). The van der Waals surface area contributed by atoms with Crippen LogP contribution in [0.1, 0.15) is 17.1 Å². The fourth-order valence-electron chi connectivity index (χ4n) is 3.12. The van der Waals surface area contributed by atoms with Gasteiger partial charge in [0.15, 0.2) is 11.5 Å². The molecule has 1 N–H and O–H groups in total. The Hall–Kier alpha value is -2.61. The maximum absolute atomic E-state index is 12.4. The quantitative estimate of drug-likeness (QED) is 0.885. The summed E-state index contributed by atoms with van der Waals surface area (Å²) in [6, 6.07) is 5.42. The number of nitrogens with zero attached hydrogens (tertiary/aromatic N) is 2. The summed E-state index contributed by atoms with van der Waals surface area (Å²) in [7, 11) is 0. The second kappa shape index (κ2) is 6.95. The minimum Gasteiger partial charge on any atom is -0.486 e. The number of nitrogens with one attached hydrogen (secondary N) is 1. The van der Waals surface area contributed by atoms with Gasteiger partial charge in [0.25, 0.3) is 0 Å². The molecule has 8 heteroatoms. The third-order valence-corrected chi connectivity index (χ3v) is 5.38. The maximum atomic E-state index is 12.4. The molecule has 2 aromatic rings. The van der Waals surface area contributed by atoms with Crippen LogP contribution in [-0.4, -0.2) is 36.6 Å². The van der Waals surface area contributed by atoms with Gasteiger partial charge in [-0.1, -0.05) is 0 Å². The van der Waals surface area contributed by atoms with Crippen molar-refractivity contribution in [2.45, 2.75) is 19.9 Å². The van der Waals surface area contributed by atoms with E-state index in [2.05, 4.69) is 10.3 Å². The van der Waals surface area contributed by atoms with Crippen molar-refractivity contribution in [3.63, 3.8) is 0 Å². The second-order valence-electron chi connectivity index (χ2n) is 6.33. The summed E-state index contributed by atoms with van der Waals surface area (Å²) < 4.78 is 11.1. The highest BCUT2D eigenvalue weighted by molar-refractivity contribution is 7.09. The van der Waals surface area contributed by atoms with E-state index in [1.165, 1.54) is 11.3 Å². The molecule has 1 fully saturated rings. The summed E-state index contributed by atoms with van der Waals surface area (Å²) in [5.74, 6) is 0.767. The third kappa shape index (κ3) is 3.37. The fourth-order valence-corrected chi connectivity index (χ4v) is 3.84. The Balaban J connectivity index is 1.41. The zero-order valence-electron chi connectivity index (χ0n) is 14.4. The number of hydrogen-bond donors (Lipinski definition) is 1. The number of carbonyl (C=O) groups is 2. The number of carbonyl (C=O) groups excluding carboxylic acids is 2. The largest absolute Gasteiger partial charge is 0.486 e. The van der Waals surface area contributed by atoms with Crippen molar-refractivity contribution in [3.05, 3.63) is 34.3 Å². The van der Waals surface area contributed by atoms with Gasteiger partial charge < -0.3 is 19.7 Å². The van der Waals surface area contributed by atoms with E-state index in [4.69, 9.17) is 9.47 Å². The lowest BCUT2D eigenvalue weighted by Gasteiger charge is -2.22. The molecule has 0 radical (unpaired) electrons. The van der Waals surface area contributed by atoms with Crippen molar-refractivity contribution in [1.82, 2.24) is 10.3 Å². The molecule has 1 atom stereocenters. The lowest BCUT2D eigenvalue weighted by molar-refractivity contribution is -0.126. The van der Waals surface area contributed by atoms with Gasteiger partial charge in [-0.2, -0.15) is 0 Å². The number of aromatic nitrogens is 1. The molecule has 0 bridgehead atoms. The Bertz CT molecular complexity index is 851. The van der Waals surface area contributed by atoms with E-state index in [0.29, 0.717) is 37.8 Å². The first kappa shape index (κ1) is 16.8. The molecule has 3 heterocycles. The van der Waals surface area contributed by atoms with Crippen molar-refractivity contribution < 1.29 is 19.1 Å². The van der Waals surface area contributed by atoms with Crippen LogP contribution in [0.4, 0.5) is 5.69 Å². The fraction of sp³-hybridized carbons (Fsp3) is 0.389. The summed E-state index contributed by atoms with van der Waals surface area (Å²) >= 11 is 1.52. The SMILES string of the molecule is Cc1csc(CNC(=O)C2CC(=O)N(c3ccc4c(c3)OCCO4)C2)n1. The highest BCUT2D eigenvalue weighted by atomic mass is 32.1. The number of benzene rings is 1. The van der Waals surface area contributed by atoms with E-state index in [-0.39, 0.29) is 24.2 Å². The van der Waals surface area contributed by atoms with Gasteiger partial charge in [0.2, 0.25) is 11.8 Å². The zero-order valence-corrected chi connectivity index (χ0v) is 15.2. The molecule has 4 rings (SSSR count). The first-order valence-corrected chi connectivity index (χ1v) is 9.37. The van der Waals surface area contributed by atoms with E-state index in [1.54, 1.807) is 17.0 Å². The minimum atomic E-state index is -0.364. The Morgan fingerprint density at radius 1 is 1.35 bits per heavy atom. The monoisotopic (exact) mass is 373 g/mol. The Labute approximate surface area is 154 Å². The van der Waals surface area contributed by atoms with Gasteiger partial charge in [0.1, 0.15) is 18.2 Å². The predicted molar refractivity (Wildman–Crippen MR) is 96.6 cm³/mol. The number of aryl methyl sites for hydroxylation is 1. The number of fused-ring (bicyclic) bond motifs is 1. The number of amides is 2. The lowest BCUT2D eigenvalue weighted by Crippen LogP contribution is -2.32. The molecule has 2 amide bonds. The van der Waals surface area contributed by atoms with Crippen molar-refractivity contribution in [3.8, 4) is 11.5 Å². The van der Waals surface area contributed by atoms with Crippen molar-refractivity contribution >= 4 is 28.8 Å². The molecule has 1 unspecified atom stereocenters. The summed E-state index contributed by atoms with van der Waals surface area (Å²) in [5.41, 5.74) is 1.67. The molecular weight excluding hydrogens is 354 g/mol. The van der Waals surface area contributed by atoms with Gasteiger partial charge >= 0.3 is 0 Å². The Kier molecular flexibility index (Phi) is 4.50. The van der Waals surface area contributed by atoms with Crippen LogP contribution in [0.3, 0.4) is 0 Å². The van der Waals surface area contributed by atoms with Gasteiger partial charge in [0.05, 0.1) is 12.5 Å². The normalized spacial score (nSPS) is 18.9. The summed E-state index contributed by atoms with van der Waals surface area (Å²) in [6.45, 7) is 3.69. The minimum absolute atomic E-state index is 0.0630. The van der Waals surface area contributed by atoms with Crippen LogP contribution < -0.4 is 19.7 Å². The summed E-state index contributed by atoms with van der Waals surface area (Å²) in [5, 5.41) is 5.70. The van der Waals surface area contributed by atoms with Gasteiger partial charge in [-0.25, -0.2) is 4.98 Å². The Morgan fingerprint density at radius 2 is 2.15 bits per heavy atom. The molecule has 2 aliphatic rings. The van der Waals surface area contributed by atoms with Crippen molar-refractivity contribution in [2.75, 3.05) is 24.7 Å². The molecular formula is C18H19N3O4S. The maximum Gasteiger partial charge on any atom is 0.227 e. The van der Waals surface area contributed by atoms with Crippen LogP contribution in [0, 0.1) is 12.8 Å². The summed E-state index contributed by atoms with van der Waals surface area (Å²) in [6.07, 6.45) is 0.206. The van der Waals surface area contributed by atoms with Gasteiger partial charge in [-0.05, 0) is 19.1 Å². The summed E-state index contributed by atoms with van der Waals surface area (Å²) in [4.78, 5) is 30.8. The highest BCUT2D eigenvalue weighted by Gasteiger charge is 2.35. The number of anilines is 1. The zero-order chi connectivity index (χ0) is 18.1. The molecule has 26 heavy (non-hydrogen) atoms. The van der Waals surface area contributed by atoms with Crippen LogP contribution in [0.25, 0.3) is 0 Å². The first-order chi connectivity index (χ1) is 12.6. The van der Waals surface area contributed by atoms with E-state index < -0.39 is 0 Å². The van der Waals surface area contributed by atoms with Crippen LogP contribution in [0.15, 0.2) is 23.6 Å². The molecule has 0 aliphatic carbocycles. The van der Waals surface area contributed by atoms with Crippen LogP contribution in [0.5, 0.6) is 11.5 Å². The van der Waals surface area contributed by atoms with Crippen molar-refractivity contribution in [2.24, 2.45) is 5.92 Å². The molecule has 1 aromatic heterocycles. The first-order valence-electron chi connectivity index (χ1n) is 8.49. The molecule has 1 saturated heterocycles. The molecule has 1 aromatic carbocycles. The topological polar surface area (TPSA) is 80.8 Å². The number of ether oxygens (including phenoxy) is 2. The second-order valence-corrected chi connectivity index (χ2v) is 7.28. The number of rotatable bonds is 4. The average molecular weight is 373 g/mol. The third-order valence-electron chi connectivity index (χ3n) is 4.41. The molecule has 136 valence electrons. The average Bonchev–Trinajstić information content (AvgIpc) is 3.25. The van der Waals surface area contributed by atoms with E-state index >= 15 is 0 Å². The van der Waals surface area contributed by atoms with Crippen LogP contribution in [-0.2, 0) is 16.1 Å². The van der Waals surface area contributed by atoms with Gasteiger partial charge in [0, 0.05) is 35.8 Å². The van der Waals surface area contributed by atoms with E-state index in [0.717, 1.165) is 16.4 Å². The Morgan fingerprint density at radius 3 is 2.92 bits per heavy atom. The van der Waals surface area contributed by atoms with E-state index in [9.17, 15) is 9.59 Å². The molecule has 0 saturated carbocycles. The van der Waals surface area contributed by atoms with Gasteiger partial charge in [-0.3, -0.25) is 9.59 Å². The smallest absolute Gasteiger partial charge is 0.227 e. The molecule has 7 nitrogen and oxygen atoms in total. The van der Waals surface area contributed by atoms with Crippen LogP contribution >= 0.6 is 11.3 Å². The van der Waals surface area contributed by atoms with Crippen molar-refractivity contribution in [1.29, 1.82) is 0 Å². The molecule has 2 aliphatic heterocycles. The predicted octanol–water partition coefficient (Wildman–Crippen LogP) is 1.89. The highest BCUT2D eigenvalue weighted by Crippen LogP contribution is 2.36. The lowest BCUT2D eigenvalue weighted by atomic mass is 10.1. The van der Waals surface area contributed by atoms with E-state index in [1.807, 2.05) is 18.4 Å². The number of thiazole rings is 1. The van der Waals surface area contributed by atoms with Crippen LogP contribution in [0.2, 0.25) is 0 Å². The van der Waals surface area contributed by atoms with Gasteiger partial charge in [-0.15, -0.1) is 11.3 Å².